The quantitative estimate of drug-likeness (QED) is 0.680. The van der Waals surface area contributed by atoms with Crippen LogP contribution in [0.15, 0.2) is 0 Å². The Labute approximate surface area is 124 Å². The third-order valence-corrected chi connectivity index (χ3v) is 4.04. The van der Waals surface area contributed by atoms with Gasteiger partial charge in [-0.3, -0.25) is 4.79 Å². The number of hydrogen-bond acceptors (Lipinski definition) is 3. The fraction of sp³-hybridized carbons (Fsp3) is 0.938. The fourth-order valence-electron chi connectivity index (χ4n) is 2.81. The summed E-state index contributed by atoms with van der Waals surface area (Å²) in [6.45, 7) is 13.0. The number of amides is 1. The van der Waals surface area contributed by atoms with Crippen LogP contribution in [0.5, 0.6) is 0 Å². The summed E-state index contributed by atoms with van der Waals surface area (Å²) < 4.78 is 0. The Kier molecular flexibility index (Phi) is 8.15. The molecule has 0 aliphatic carbocycles. The molecule has 118 valence electrons. The van der Waals surface area contributed by atoms with Crippen molar-refractivity contribution in [3.8, 4) is 0 Å². The van der Waals surface area contributed by atoms with Gasteiger partial charge in [-0.05, 0) is 58.7 Å². The van der Waals surface area contributed by atoms with E-state index in [1.165, 1.54) is 25.9 Å². The van der Waals surface area contributed by atoms with E-state index in [-0.39, 0.29) is 18.0 Å². The van der Waals surface area contributed by atoms with Crippen molar-refractivity contribution < 1.29 is 4.79 Å². The molecule has 1 saturated heterocycles. The molecule has 1 rings (SSSR count). The minimum Gasteiger partial charge on any atom is -0.352 e. The van der Waals surface area contributed by atoms with Gasteiger partial charge in [0.05, 0.1) is 6.04 Å². The van der Waals surface area contributed by atoms with Gasteiger partial charge in [-0.25, -0.2) is 0 Å². The molecule has 2 N–H and O–H groups in total. The average molecular weight is 283 g/mol. The fourth-order valence-corrected chi connectivity index (χ4v) is 2.81. The lowest BCUT2D eigenvalue weighted by molar-refractivity contribution is -0.123. The van der Waals surface area contributed by atoms with Crippen molar-refractivity contribution in [1.82, 2.24) is 15.5 Å². The number of hydrogen-bond donors (Lipinski definition) is 2. The van der Waals surface area contributed by atoms with Crippen LogP contribution < -0.4 is 10.6 Å². The van der Waals surface area contributed by atoms with E-state index in [0.717, 1.165) is 25.9 Å². The molecule has 0 saturated carbocycles. The molecule has 0 aromatic rings. The largest absolute Gasteiger partial charge is 0.352 e. The molecule has 0 aromatic carbocycles. The molecule has 3 unspecified atom stereocenters. The predicted molar refractivity (Wildman–Crippen MR) is 84.8 cm³/mol. The third kappa shape index (κ3) is 6.71. The number of carbonyl (C=O) groups excluding carboxylic acids is 1. The second-order valence-corrected chi connectivity index (χ2v) is 6.44. The number of likely N-dealkylation sites (tertiary alicyclic amines) is 1. The maximum absolute atomic E-state index is 12.0. The number of nitrogens with one attached hydrogen (secondary N) is 2. The molecule has 4 heteroatoms. The van der Waals surface area contributed by atoms with Gasteiger partial charge in [0.2, 0.25) is 5.91 Å². The summed E-state index contributed by atoms with van der Waals surface area (Å²) in [5, 5.41) is 6.43. The van der Waals surface area contributed by atoms with E-state index in [2.05, 4.69) is 36.3 Å². The van der Waals surface area contributed by atoms with E-state index in [4.69, 9.17) is 0 Å². The van der Waals surface area contributed by atoms with Gasteiger partial charge in [0.15, 0.2) is 0 Å². The SMILES string of the molecule is CCCC(C)NC(=O)C(C)NCC(C)CN1CCCC1. The lowest BCUT2D eigenvalue weighted by Gasteiger charge is -2.23. The molecule has 0 spiro atoms. The van der Waals surface area contributed by atoms with Crippen molar-refractivity contribution in [2.24, 2.45) is 5.92 Å². The van der Waals surface area contributed by atoms with Gasteiger partial charge in [-0.2, -0.15) is 0 Å². The molecular formula is C16H33N3O. The molecule has 1 aliphatic rings. The monoisotopic (exact) mass is 283 g/mol. The van der Waals surface area contributed by atoms with Crippen LogP contribution in [0.4, 0.5) is 0 Å². The molecule has 0 radical (unpaired) electrons. The maximum atomic E-state index is 12.0. The van der Waals surface area contributed by atoms with Crippen LogP contribution in [-0.2, 0) is 4.79 Å². The van der Waals surface area contributed by atoms with E-state index in [0.29, 0.717) is 5.92 Å². The van der Waals surface area contributed by atoms with Crippen LogP contribution in [0.25, 0.3) is 0 Å². The highest BCUT2D eigenvalue weighted by molar-refractivity contribution is 5.81. The van der Waals surface area contributed by atoms with Crippen molar-refractivity contribution in [3.63, 3.8) is 0 Å². The molecule has 0 aromatic heterocycles. The topological polar surface area (TPSA) is 44.4 Å². The summed E-state index contributed by atoms with van der Waals surface area (Å²) in [7, 11) is 0. The van der Waals surface area contributed by atoms with Gasteiger partial charge >= 0.3 is 0 Å². The summed E-state index contributed by atoms with van der Waals surface area (Å²) in [6.07, 6.45) is 4.84. The molecular weight excluding hydrogens is 250 g/mol. The summed E-state index contributed by atoms with van der Waals surface area (Å²) in [5.41, 5.74) is 0. The van der Waals surface area contributed by atoms with Gasteiger partial charge < -0.3 is 15.5 Å². The smallest absolute Gasteiger partial charge is 0.237 e. The number of nitrogens with zero attached hydrogens (tertiary/aromatic N) is 1. The van der Waals surface area contributed by atoms with Crippen LogP contribution in [0.1, 0.15) is 53.4 Å². The standard InChI is InChI=1S/C16H33N3O/c1-5-8-14(3)18-16(20)15(4)17-11-13(2)12-19-9-6-7-10-19/h13-15,17H,5-12H2,1-4H3,(H,18,20). The third-order valence-electron chi connectivity index (χ3n) is 4.04. The Morgan fingerprint density at radius 1 is 1.20 bits per heavy atom. The maximum Gasteiger partial charge on any atom is 0.237 e. The van der Waals surface area contributed by atoms with E-state index in [1.807, 2.05) is 6.92 Å². The highest BCUT2D eigenvalue weighted by Gasteiger charge is 2.17. The van der Waals surface area contributed by atoms with Gasteiger partial charge in [-0.1, -0.05) is 20.3 Å². The number of carbonyl (C=O) groups is 1. The average Bonchev–Trinajstić information content (AvgIpc) is 2.88. The van der Waals surface area contributed by atoms with Crippen molar-refractivity contribution in [1.29, 1.82) is 0 Å². The Bertz CT molecular complexity index is 277. The van der Waals surface area contributed by atoms with E-state index in [1.54, 1.807) is 0 Å². The van der Waals surface area contributed by atoms with E-state index < -0.39 is 0 Å². The Morgan fingerprint density at radius 2 is 1.85 bits per heavy atom. The van der Waals surface area contributed by atoms with Gasteiger partial charge in [0, 0.05) is 12.6 Å². The van der Waals surface area contributed by atoms with Gasteiger partial charge in [0.1, 0.15) is 0 Å². The number of rotatable bonds is 9. The zero-order chi connectivity index (χ0) is 15.0. The van der Waals surface area contributed by atoms with Crippen molar-refractivity contribution in [3.05, 3.63) is 0 Å². The van der Waals surface area contributed by atoms with Crippen LogP contribution in [-0.4, -0.2) is 49.1 Å². The normalized spacial score (nSPS) is 20.6. The first kappa shape index (κ1) is 17.4. The molecule has 1 aliphatic heterocycles. The molecule has 0 bridgehead atoms. The summed E-state index contributed by atoms with van der Waals surface area (Å²) >= 11 is 0. The zero-order valence-electron chi connectivity index (χ0n) is 13.7. The zero-order valence-corrected chi connectivity index (χ0v) is 13.7. The first-order valence-corrected chi connectivity index (χ1v) is 8.29. The van der Waals surface area contributed by atoms with Gasteiger partial charge in [-0.15, -0.1) is 0 Å². The second-order valence-electron chi connectivity index (χ2n) is 6.44. The van der Waals surface area contributed by atoms with Crippen LogP contribution in [0.2, 0.25) is 0 Å². The Morgan fingerprint density at radius 3 is 2.45 bits per heavy atom. The minimum absolute atomic E-state index is 0.102. The highest BCUT2D eigenvalue weighted by atomic mass is 16.2. The van der Waals surface area contributed by atoms with E-state index in [9.17, 15) is 4.79 Å². The van der Waals surface area contributed by atoms with E-state index >= 15 is 0 Å². The Balaban J connectivity index is 2.17. The van der Waals surface area contributed by atoms with Crippen molar-refractivity contribution in [2.75, 3.05) is 26.2 Å². The van der Waals surface area contributed by atoms with Crippen LogP contribution in [0.3, 0.4) is 0 Å². The summed E-state index contributed by atoms with van der Waals surface area (Å²) in [4.78, 5) is 14.5. The molecule has 1 amide bonds. The minimum atomic E-state index is -0.102. The molecule has 4 nitrogen and oxygen atoms in total. The molecule has 1 fully saturated rings. The lowest BCUT2D eigenvalue weighted by atomic mass is 10.1. The second kappa shape index (κ2) is 9.35. The summed E-state index contributed by atoms with van der Waals surface area (Å²) in [6, 6.07) is 0.175. The van der Waals surface area contributed by atoms with Crippen LogP contribution >= 0.6 is 0 Å². The molecule has 3 atom stereocenters. The summed E-state index contributed by atoms with van der Waals surface area (Å²) in [5.74, 6) is 0.718. The van der Waals surface area contributed by atoms with Crippen molar-refractivity contribution in [2.45, 2.75) is 65.5 Å². The van der Waals surface area contributed by atoms with Crippen LogP contribution in [0, 0.1) is 5.92 Å². The first-order chi connectivity index (χ1) is 9.52. The molecule has 20 heavy (non-hydrogen) atoms. The Hall–Kier alpha value is -0.610. The molecule has 1 heterocycles. The predicted octanol–water partition coefficient (Wildman–Crippen LogP) is 2.00. The highest BCUT2D eigenvalue weighted by Crippen LogP contribution is 2.09. The first-order valence-electron chi connectivity index (χ1n) is 8.29. The van der Waals surface area contributed by atoms with Gasteiger partial charge in [0.25, 0.3) is 0 Å². The van der Waals surface area contributed by atoms with Crippen molar-refractivity contribution >= 4 is 5.91 Å². The lowest BCUT2D eigenvalue weighted by Crippen LogP contribution is -2.47.